The molecule has 2 aliphatic heterocycles. The molecule has 7 nitrogen and oxygen atoms in total. The van der Waals surface area contributed by atoms with Crippen LogP contribution in [0.3, 0.4) is 0 Å². The standard InChI is InChI=1S/C23H29NO6/c1-24-10-9-23-15-5-7-18(29-19(25)8-11-26-2)22(23)30-21-17(28-13-27-3)6-4-14(20(21)23)12-16(15)24/h4-7,15-16,18,22H,8-13H2,1-3H3/t15-,16+,18-,22-,23-/m0/s1. The second kappa shape index (κ2) is 7.55. The van der Waals surface area contributed by atoms with Gasteiger partial charge in [-0.3, -0.25) is 4.79 Å². The molecule has 0 amide bonds. The van der Waals surface area contributed by atoms with Crippen molar-refractivity contribution in [3.05, 3.63) is 35.4 Å². The Morgan fingerprint density at radius 1 is 1.27 bits per heavy atom. The molecule has 1 aromatic rings. The van der Waals surface area contributed by atoms with E-state index in [-0.39, 0.29) is 30.7 Å². The van der Waals surface area contributed by atoms with Gasteiger partial charge in [-0.1, -0.05) is 12.1 Å². The minimum absolute atomic E-state index is 0.162. The van der Waals surface area contributed by atoms with Crippen molar-refractivity contribution in [2.24, 2.45) is 5.92 Å². The lowest BCUT2D eigenvalue weighted by atomic mass is 9.53. The van der Waals surface area contributed by atoms with Crippen LogP contribution in [0.4, 0.5) is 0 Å². The molecular formula is C23H29NO6. The monoisotopic (exact) mass is 415 g/mol. The quantitative estimate of drug-likeness (QED) is 0.384. The number of piperidine rings is 1. The van der Waals surface area contributed by atoms with Crippen LogP contribution >= 0.6 is 0 Å². The van der Waals surface area contributed by atoms with Crippen LogP contribution in [0, 0.1) is 5.92 Å². The molecule has 2 aliphatic carbocycles. The van der Waals surface area contributed by atoms with Crippen molar-refractivity contribution in [3.8, 4) is 11.5 Å². The number of nitrogens with zero attached hydrogens (tertiary/aromatic N) is 1. The van der Waals surface area contributed by atoms with E-state index in [2.05, 4.69) is 24.1 Å². The number of hydrogen-bond acceptors (Lipinski definition) is 7. The zero-order valence-electron chi connectivity index (χ0n) is 17.8. The van der Waals surface area contributed by atoms with Crippen LogP contribution in [0.25, 0.3) is 0 Å². The molecule has 30 heavy (non-hydrogen) atoms. The second-order valence-electron chi connectivity index (χ2n) is 8.67. The zero-order chi connectivity index (χ0) is 20.9. The van der Waals surface area contributed by atoms with Gasteiger partial charge >= 0.3 is 5.97 Å². The Balaban J connectivity index is 1.57. The molecular weight excluding hydrogens is 386 g/mol. The van der Waals surface area contributed by atoms with Crippen molar-refractivity contribution in [3.63, 3.8) is 0 Å². The molecule has 2 heterocycles. The van der Waals surface area contributed by atoms with Crippen molar-refractivity contribution in [2.75, 3.05) is 41.2 Å². The molecule has 1 saturated heterocycles. The highest BCUT2D eigenvalue weighted by Gasteiger charge is 2.65. The Kier molecular flexibility index (Phi) is 5.00. The Bertz CT molecular complexity index is 869. The van der Waals surface area contributed by atoms with Gasteiger partial charge in [0, 0.05) is 37.2 Å². The van der Waals surface area contributed by atoms with E-state index >= 15 is 0 Å². The van der Waals surface area contributed by atoms with E-state index in [1.807, 2.05) is 12.1 Å². The maximum atomic E-state index is 12.4. The first kappa shape index (κ1) is 19.8. The molecule has 0 aromatic heterocycles. The van der Waals surface area contributed by atoms with Gasteiger partial charge in [-0.25, -0.2) is 0 Å². The smallest absolute Gasteiger partial charge is 0.308 e. The van der Waals surface area contributed by atoms with Crippen LogP contribution in [0.2, 0.25) is 0 Å². The summed E-state index contributed by atoms with van der Waals surface area (Å²) in [5.74, 6) is 1.54. The minimum atomic E-state index is -0.428. The molecule has 5 rings (SSSR count). The van der Waals surface area contributed by atoms with E-state index in [0.29, 0.717) is 24.3 Å². The van der Waals surface area contributed by atoms with Crippen molar-refractivity contribution in [1.82, 2.24) is 4.90 Å². The third kappa shape index (κ3) is 2.79. The number of likely N-dealkylation sites (tertiary alicyclic amines) is 1. The van der Waals surface area contributed by atoms with E-state index in [9.17, 15) is 4.79 Å². The number of likely N-dealkylation sites (N-methyl/N-ethyl adjacent to an activating group) is 1. The first-order chi connectivity index (χ1) is 14.6. The zero-order valence-corrected chi connectivity index (χ0v) is 17.8. The van der Waals surface area contributed by atoms with Crippen molar-refractivity contribution in [2.45, 2.75) is 42.9 Å². The molecule has 1 fully saturated rings. The van der Waals surface area contributed by atoms with Crippen LogP contribution in [0.15, 0.2) is 24.3 Å². The highest BCUT2D eigenvalue weighted by molar-refractivity contribution is 5.70. The number of rotatable bonds is 7. The fourth-order valence-corrected chi connectivity index (χ4v) is 5.94. The van der Waals surface area contributed by atoms with Crippen molar-refractivity contribution in [1.29, 1.82) is 0 Å². The summed E-state index contributed by atoms with van der Waals surface area (Å²) in [7, 11) is 5.39. The summed E-state index contributed by atoms with van der Waals surface area (Å²) >= 11 is 0. The Hall–Kier alpha value is -2.09. The predicted octanol–water partition coefficient (Wildman–Crippen LogP) is 2.06. The van der Waals surface area contributed by atoms with Crippen molar-refractivity contribution < 1.29 is 28.5 Å². The molecule has 1 aromatic carbocycles. The van der Waals surface area contributed by atoms with Gasteiger partial charge in [0.15, 0.2) is 24.4 Å². The fourth-order valence-electron chi connectivity index (χ4n) is 5.94. The van der Waals surface area contributed by atoms with E-state index in [0.717, 1.165) is 25.1 Å². The summed E-state index contributed by atoms with van der Waals surface area (Å²) < 4.78 is 28.5. The number of esters is 1. The van der Waals surface area contributed by atoms with Crippen LogP contribution in [-0.2, 0) is 30.8 Å². The van der Waals surface area contributed by atoms with Crippen LogP contribution in [-0.4, -0.2) is 70.3 Å². The molecule has 162 valence electrons. The van der Waals surface area contributed by atoms with Gasteiger partial charge in [0.1, 0.15) is 6.10 Å². The number of methoxy groups -OCH3 is 2. The Labute approximate surface area is 176 Å². The molecule has 0 N–H and O–H groups in total. The van der Waals surface area contributed by atoms with Gasteiger partial charge in [-0.05, 0) is 44.1 Å². The first-order valence-electron chi connectivity index (χ1n) is 10.6. The van der Waals surface area contributed by atoms with Crippen molar-refractivity contribution >= 4 is 5.97 Å². The molecule has 1 spiro atoms. The van der Waals surface area contributed by atoms with E-state index in [1.165, 1.54) is 11.1 Å². The second-order valence-corrected chi connectivity index (χ2v) is 8.67. The maximum absolute atomic E-state index is 12.4. The molecule has 0 unspecified atom stereocenters. The lowest BCUT2D eigenvalue weighted by Gasteiger charge is -2.56. The van der Waals surface area contributed by atoms with Gasteiger partial charge < -0.3 is 28.6 Å². The van der Waals surface area contributed by atoms with Gasteiger partial charge in [0.05, 0.1) is 13.0 Å². The third-order valence-electron chi connectivity index (χ3n) is 7.23. The molecule has 5 atom stereocenters. The average molecular weight is 415 g/mol. The Morgan fingerprint density at radius 2 is 2.13 bits per heavy atom. The first-order valence-corrected chi connectivity index (χ1v) is 10.6. The summed E-state index contributed by atoms with van der Waals surface area (Å²) in [4.78, 5) is 14.8. The molecule has 2 bridgehead atoms. The summed E-state index contributed by atoms with van der Waals surface area (Å²) in [6, 6.07) is 4.55. The molecule has 7 heteroatoms. The minimum Gasteiger partial charge on any atom is -0.481 e. The Morgan fingerprint density at radius 3 is 2.93 bits per heavy atom. The highest BCUT2D eigenvalue weighted by Crippen LogP contribution is 2.62. The van der Waals surface area contributed by atoms with Gasteiger partial charge in [-0.2, -0.15) is 0 Å². The maximum Gasteiger partial charge on any atom is 0.308 e. The van der Waals surface area contributed by atoms with E-state index in [4.69, 9.17) is 23.7 Å². The van der Waals surface area contributed by atoms with Crippen LogP contribution in [0.5, 0.6) is 11.5 Å². The number of ether oxygens (including phenoxy) is 5. The third-order valence-corrected chi connectivity index (χ3v) is 7.23. The summed E-state index contributed by atoms with van der Waals surface area (Å²) in [6.45, 7) is 1.50. The van der Waals surface area contributed by atoms with E-state index < -0.39 is 6.10 Å². The lowest BCUT2D eigenvalue weighted by molar-refractivity contribution is -0.155. The fraction of sp³-hybridized carbons (Fsp3) is 0.609. The van der Waals surface area contributed by atoms with Gasteiger partial charge in [-0.15, -0.1) is 0 Å². The predicted molar refractivity (Wildman–Crippen MR) is 109 cm³/mol. The molecule has 4 aliphatic rings. The normalized spacial score (nSPS) is 33.0. The number of carbonyl (C=O) groups is 1. The summed E-state index contributed by atoms with van der Waals surface area (Å²) in [6.07, 6.45) is 5.77. The van der Waals surface area contributed by atoms with Crippen LogP contribution in [0.1, 0.15) is 24.0 Å². The SMILES string of the molecule is COCCC(=O)O[C@H]1C=C[C@H]2[C@H]3Cc4ccc(OCOC)c5c4[C@@]2(CCN3C)[C@H]1O5. The number of hydrogen-bond donors (Lipinski definition) is 0. The van der Waals surface area contributed by atoms with E-state index in [1.54, 1.807) is 14.2 Å². The lowest BCUT2D eigenvalue weighted by Crippen LogP contribution is -2.65. The largest absolute Gasteiger partial charge is 0.481 e. The summed E-state index contributed by atoms with van der Waals surface area (Å²) in [5, 5.41) is 0. The molecule has 0 saturated carbocycles. The van der Waals surface area contributed by atoms with Gasteiger partial charge in [0.2, 0.25) is 0 Å². The number of carbonyl (C=O) groups excluding carboxylic acids is 1. The molecule has 0 radical (unpaired) electrons. The van der Waals surface area contributed by atoms with Gasteiger partial charge in [0.25, 0.3) is 0 Å². The highest BCUT2D eigenvalue weighted by atomic mass is 16.7. The average Bonchev–Trinajstić information content (AvgIpc) is 3.10. The van der Waals surface area contributed by atoms with Crippen LogP contribution < -0.4 is 9.47 Å². The number of benzene rings is 1. The summed E-state index contributed by atoms with van der Waals surface area (Å²) in [5.41, 5.74) is 2.36. The topological polar surface area (TPSA) is 66.5 Å².